The number of nitrogens with zero attached hydrogens (tertiary/aromatic N) is 2. The molecule has 0 aliphatic carbocycles. The normalized spacial score (nSPS) is 20.5. The lowest BCUT2D eigenvalue weighted by Gasteiger charge is -2.11. The Hall–Kier alpha value is -1.36. The molecule has 1 aliphatic rings. The Morgan fingerprint density at radius 2 is 2.53 bits per heavy atom. The van der Waals surface area contributed by atoms with E-state index in [2.05, 4.69) is 10.4 Å². The van der Waals surface area contributed by atoms with E-state index < -0.39 is 0 Å². The van der Waals surface area contributed by atoms with Crippen LogP contribution in [0.1, 0.15) is 12.8 Å². The highest BCUT2D eigenvalue weighted by molar-refractivity contribution is 5.06. The smallest absolute Gasteiger partial charge is 0.267 e. The van der Waals surface area contributed by atoms with Gasteiger partial charge in [0, 0.05) is 18.2 Å². The summed E-state index contributed by atoms with van der Waals surface area (Å²) < 4.78 is 6.44. The molecule has 0 spiro atoms. The molecule has 0 radical (unpaired) electrons. The molecule has 1 aromatic rings. The summed E-state index contributed by atoms with van der Waals surface area (Å²) in [6, 6.07) is 3.43. The minimum atomic E-state index is -0.0792. The van der Waals surface area contributed by atoms with E-state index in [1.165, 1.54) is 17.2 Å². The van der Waals surface area contributed by atoms with Crippen LogP contribution in [0.5, 0.6) is 5.88 Å². The van der Waals surface area contributed by atoms with Crippen molar-refractivity contribution in [2.45, 2.75) is 25.4 Å². The molecule has 1 unspecified atom stereocenters. The summed E-state index contributed by atoms with van der Waals surface area (Å²) in [5.41, 5.74) is -0.0792. The van der Waals surface area contributed by atoms with Crippen molar-refractivity contribution >= 4 is 0 Å². The molecule has 1 saturated heterocycles. The molecule has 1 N–H and O–H groups in total. The molecular weight excluding hydrogens is 194 g/mol. The molecular formula is C10H15N3O2. The molecule has 15 heavy (non-hydrogen) atoms. The summed E-state index contributed by atoms with van der Waals surface area (Å²) in [4.78, 5) is 11.5. The average Bonchev–Trinajstić information content (AvgIpc) is 2.74. The van der Waals surface area contributed by atoms with Crippen LogP contribution in [-0.4, -0.2) is 29.5 Å². The molecule has 5 nitrogen and oxygen atoms in total. The van der Waals surface area contributed by atoms with E-state index in [1.807, 2.05) is 0 Å². The third-order valence-electron chi connectivity index (χ3n) is 2.61. The second kappa shape index (κ2) is 4.44. The maximum atomic E-state index is 11.5. The monoisotopic (exact) mass is 209 g/mol. The number of hydrogen-bond donors (Lipinski definition) is 1. The van der Waals surface area contributed by atoms with Gasteiger partial charge in [-0.2, -0.15) is 0 Å². The van der Waals surface area contributed by atoms with E-state index in [1.54, 1.807) is 13.2 Å². The highest BCUT2D eigenvalue weighted by Crippen LogP contribution is 2.07. The molecule has 1 fully saturated rings. The first kappa shape index (κ1) is 10.2. The summed E-state index contributed by atoms with van der Waals surface area (Å²) in [5.74, 6) is 0.479. The van der Waals surface area contributed by atoms with E-state index in [9.17, 15) is 4.79 Å². The van der Waals surface area contributed by atoms with E-state index in [0.717, 1.165) is 13.0 Å². The van der Waals surface area contributed by atoms with Crippen LogP contribution in [-0.2, 0) is 6.54 Å². The molecule has 2 heterocycles. The van der Waals surface area contributed by atoms with Gasteiger partial charge in [-0.05, 0) is 19.4 Å². The van der Waals surface area contributed by atoms with Crippen molar-refractivity contribution in [3.8, 4) is 5.88 Å². The van der Waals surface area contributed by atoms with Gasteiger partial charge in [0.25, 0.3) is 5.56 Å². The number of hydrogen-bond acceptors (Lipinski definition) is 4. The van der Waals surface area contributed by atoms with Crippen molar-refractivity contribution in [1.29, 1.82) is 0 Å². The zero-order chi connectivity index (χ0) is 10.7. The average molecular weight is 209 g/mol. The Morgan fingerprint density at radius 3 is 3.20 bits per heavy atom. The molecule has 0 saturated carbocycles. The van der Waals surface area contributed by atoms with Gasteiger partial charge in [-0.25, -0.2) is 4.68 Å². The van der Waals surface area contributed by atoms with Crippen molar-refractivity contribution in [3.63, 3.8) is 0 Å². The van der Waals surface area contributed by atoms with E-state index >= 15 is 0 Å². The highest BCUT2D eigenvalue weighted by atomic mass is 16.5. The Morgan fingerprint density at radius 1 is 1.67 bits per heavy atom. The number of rotatable bonds is 3. The molecule has 1 aromatic heterocycles. The molecule has 82 valence electrons. The third kappa shape index (κ3) is 2.36. The van der Waals surface area contributed by atoms with Crippen LogP contribution in [0.2, 0.25) is 0 Å². The van der Waals surface area contributed by atoms with Gasteiger partial charge >= 0.3 is 0 Å². The van der Waals surface area contributed by atoms with Crippen LogP contribution in [0.4, 0.5) is 0 Å². The Bertz CT molecular complexity index is 382. The standard InChI is InChI=1S/C10H15N3O2/c1-15-9-4-5-10(14)13(12-9)7-8-3-2-6-11-8/h4-5,8,11H,2-3,6-7H2,1H3. The number of aromatic nitrogens is 2. The summed E-state index contributed by atoms with van der Waals surface area (Å²) >= 11 is 0. The summed E-state index contributed by atoms with van der Waals surface area (Å²) in [6.07, 6.45) is 2.27. The van der Waals surface area contributed by atoms with Crippen molar-refractivity contribution < 1.29 is 4.74 Å². The lowest BCUT2D eigenvalue weighted by atomic mass is 10.2. The first-order valence-corrected chi connectivity index (χ1v) is 5.15. The van der Waals surface area contributed by atoms with Gasteiger partial charge in [0.15, 0.2) is 0 Å². The van der Waals surface area contributed by atoms with Crippen molar-refractivity contribution in [2.75, 3.05) is 13.7 Å². The van der Waals surface area contributed by atoms with Gasteiger partial charge in [-0.1, -0.05) is 0 Å². The minimum absolute atomic E-state index is 0.0792. The zero-order valence-electron chi connectivity index (χ0n) is 8.77. The van der Waals surface area contributed by atoms with Crippen molar-refractivity contribution in [2.24, 2.45) is 0 Å². The van der Waals surface area contributed by atoms with Gasteiger partial charge in [0.05, 0.1) is 13.7 Å². The quantitative estimate of drug-likeness (QED) is 0.761. The number of ether oxygens (including phenoxy) is 1. The maximum Gasteiger partial charge on any atom is 0.267 e. The van der Waals surface area contributed by atoms with Gasteiger partial charge < -0.3 is 10.1 Å². The van der Waals surface area contributed by atoms with E-state index in [0.29, 0.717) is 18.5 Å². The summed E-state index contributed by atoms with van der Waals surface area (Å²) in [5, 5.41) is 7.43. The van der Waals surface area contributed by atoms with Crippen molar-refractivity contribution in [3.05, 3.63) is 22.5 Å². The van der Waals surface area contributed by atoms with Crippen LogP contribution >= 0.6 is 0 Å². The maximum absolute atomic E-state index is 11.5. The fourth-order valence-electron chi connectivity index (χ4n) is 1.79. The van der Waals surface area contributed by atoms with Gasteiger partial charge in [0.2, 0.25) is 5.88 Å². The highest BCUT2D eigenvalue weighted by Gasteiger charge is 2.15. The van der Waals surface area contributed by atoms with Crippen LogP contribution in [0.3, 0.4) is 0 Å². The van der Waals surface area contributed by atoms with E-state index in [-0.39, 0.29) is 5.56 Å². The molecule has 1 atom stereocenters. The first-order chi connectivity index (χ1) is 7.29. The van der Waals surface area contributed by atoms with Crippen LogP contribution in [0.25, 0.3) is 0 Å². The topological polar surface area (TPSA) is 56.1 Å². The number of nitrogens with one attached hydrogen (secondary N) is 1. The molecule has 1 aliphatic heterocycles. The first-order valence-electron chi connectivity index (χ1n) is 5.15. The Kier molecular flexibility index (Phi) is 3.01. The predicted octanol–water partition coefficient (Wildman–Crippen LogP) is 0.00390. The fourth-order valence-corrected chi connectivity index (χ4v) is 1.79. The van der Waals surface area contributed by atoms with Crippen LogP contribution in [0.15, 0.2) is 16.9 Å². The molecule has 5 heteroatoms. The summed E-state index contributed by atoms with van der Waals surface area (Å²) in [7, 11) is 1.55. The van der Waals surface area contributed by atoms with Gasteiger partial charge in [-0.15, -0.1) is 5.10 Å². The molecule has 0 aromatic carbocycles. The zero-order valence-corrected chi connectivity index (χ0v) is 8.77. The van der Waals surface area contributed by atoms with Crippen LogP contribution in [0, 0.1) is 0 Å². The second-order valence-electron chi connectivity index (χ2n) is 3.69. The third-order valence-corrected chi connectivity index (χ3v) is 2.61. The van der Waals surface area contributed by atoms with Gasteiger partial charge in [-0.3, -0.25) is 4.79 Å². The SMILES string of the molecule is COc1ccc(=O)n(CC2CCCN2)n1. The predicted molar refractivity (Wildman–Crippen MR) is 56.1 cm³/mol. The van der Waals surface area contributed by atoms with Crippen LogP contribution < -0.4 is 15.6 Å². The molecule has 0 amide bonds. The molecule has 2 rings (SSSR count). The second-order valence-corrected chi connectivity index (χ2v) is 3.69. The lowest BCUT2D eigenvalue weighted by Crippen LogP contribution is -2.33. The lowest BCUT2D eigenvalue weighted by molar-refractivity contribution is 0.365. The Balaban J connectivity index is 2.15. The number of methoxy groups -OCH3 is 1. The van der Waals surface area contributed by atoms with E-state index in [4.69, 9.17) is 4.74 Å². The summed E-state index contributed by atoms with van der Waals surface area (Å²) in [6.45, 7) is 1.65. The fraction of sp³-hybridized carbons (Fsp3) is 0.600. The minimum Gasteiger partial charge on any atom is -0.480 e. The van der Waals surface area contributed by atoms with Crippen molar-refractivity contribution in [1.82, 2.24) is 15.1 Å². The molecule has 0 bridgehead atoms. The van der Waals surface area contributed by atoms with Gasteiger partial charge in [0.1, 0.15) is 0 Å². The largest absolute Gasteiger partial charge is 0.480 e. The Labute approximate surface area is 88.1 Å².